The summed E-state index contributed by atoms with van der Waals surface area (Å²) in [4.78, 5) is 20.2. The van der Waals surface area contributed by atoms with Crippen molar-refractivity contribution in [2.45, 2.75) is 13.3 Å². The number of methoxy groups -OCH3 is 1. The molecule has 0 aliphatic rings. The van der Waals surface area contributed by atoms with Gasteiger partial charge in [-0.05, 0) is 31.0 Å². The summed E-state index contributed by atoms with van der Waals surface area (Å²) in [6.45, 7) is 3.07. The lowest BCUT2D eigenvalue weighted by Crippen LogP contribution is -2.25. The molecule has 1 heterocycles. The monoisotopic (exact) mass is 334 g/mol. The van der Waals surface area contributed by atoms with Gasteiger partial charge in [0.1, 0.15) is 0 Å². The van der Waals surface area contributed by atoms with Gasteiger partial charge in [-0.3, -0.25) is 4.79 Å². The van der Waals surface area contributed by atoms with Crippen molar-refractivity contribution in [3.63, 3.8) is 0 Å². The van der Waals surface area contributed by atoms with Crippen LogP contribution < -0.4 is 10.6 Å². The van der Waals surface area contributed by atoms with Gasteiger partial charge in [0.15, 0.2) is 0 Å². The maximum atomic E-state index is 11.9. The van der Waals surface area contributed by atoms with Gasteiger partial charge in [0.05, 0.1) is 5.56 Å². The highest BCUT2D eigenvalue weighted by Gasteiger charge is 2.08. The average Bonchev–Trinajstić information content (AvgIpc) is 2.56. The Morgan fingerprint density at radius 1 is 1.30 bits per heavy atom. The minimum absolute atomic E-state index is 0.202. The van der Waals surface area contributed by atoms with E-state index in [1.54, 1.807) is 7.11 Å². The zero-order valence-electron chi connectivity index (χ0n) is 13.1. The number of halogens is 1. The van der Waals surface area contributed by atoms with Crippen molar-refractivity contribution in [3.05, 3.63) is 46.7 Å². The van der Waals surface area contributed by atoms with Crippen LogP contribution in [0.25, 0.3) is 0 Å². The van der Waals surface area contributed by atoms with E-state index >= 15 is 0 Å². The van der Waals surface area contributed by atoms with Crippen LogP contribution in [0, 0.1) is 6.92 Å². The lowest BCUT2D eigenvalue weighted by Gasteiger charge is -2.09. The number of hydrogen-bond acceptors (Lipinski definition) is 5. The molecule has 0 saturated heterocycles. The largest absolute Gasteiger partial charge is 0.385 e. The van der Waals surface area contributed by atoms with Crippen LogP contribution in [0.5, 0.6) is 0 Å². The van der Waals surface area contributed by atoms with E-state index in [1.165, 1.54) is 12.4 Å². The lowest BCUT2D eigenvalue weighted by atomic mass is 10.2. The Labute approximate surface area is 140 Å². The summed E-state index contributed by atoms with van der Waals surface area (Å²) in [7, 11) is 1.63. The van der Waals surface area contributed by atoms with Gasteiger partial charge in [-0.15, -0.1) is 0 Å². The second kappa shape index (κ2) is 8.45. The normalized spacial score (nSPS) is 10.4. The van der Waals surface area contributed by atoms with E-state index < -0.39 is 0 Å². The highest BCUT2D eigenvalue weighted by Crippen LogP contribution is 2.24. The number of benzene rings is 1. The molecule has 1 amide bonds. The zero-order chi connectivity index (χ0) is 16.7. The number of amides is 1. The Kier molecular flexibility index (Phi) is 6.31. The predicted molar refractivity (Wildman–Crippen MR) is 90.3 cm³/mol. The van der Waals surface area contributed by atoms with E-state index in [9.17, 15) is 4.79 Å². The molecule has 122 valence electrons. The van der Waals surface area contributed by atoms with Gasteiger partial charge in [0.2, 0.25) is 5.95 Å². The third-order valence-electron chi connectivity index (χ3n) is 3.24. The molecule has 7 heteroatoms. The number of aromatic nitrogens is 2. The van der Waals surface area contributed by atoms with Crippen molar-refractivity contribution in [2.75, 3.05) is 25.6 Å². The smallest absolute Gasteiger partial charge is 0.254 e. The minimum Gasteiger partial charge on any atom is -0.385 e. The fourth-order valence-corrected chi connectivity index (χ4v) is 2.07. The van der Waals surface area contributed by atoms with Crippen molar-refractivity contribution in [2.24, 2.45) is 0 Å². The summed E-state index contributed by atoms with van der Waals surface area (Å²) >= 11 is 6.08. The molecule has 6 nitrogen and oxygen atoms in total. The molecule has 0 fully saturated rings. The van der Waals surface area contributed by atoms with Crippen molar-refractivity contribution in [1.29, 1.82) is 0 Å². The van der Waals surface area contributed by atoms with E-state index in [0.717, 1.165) is 17.7 Å². The summed E-state index contributed by atoms with van der Waals surface area (Å²) in [5.41, 5.74) is 2.16. The number of rotatable bonds is 7. The molecule has 0 bridgehead atoms. The van der Waals surface area contributed by atoms with Gasteiger partial charge in [-0.25, -0.2) is 9.97 Å². The molecule has 2 rings (SSSR count). The Hall–Kier alpha value is -2.18. The number of carbonyl (C=O) groups is 1. The Morgan fingerprint density at radius 2 is 2.04 bits per heavy atom. The molecule has 0 aliphatic heterocycles. The van der Waals surface area contributed by atoms with Gasteiger partial charge >= 0.3 is 0 Å². The van der Waals surface area contributed by atoms with Gasteiger partial charge in [-0.1, -0.05) is 17.7 Å². The second-order valence-corrected chi connectivity index (χ2v) is 5.34. The molecule has 0 saturated carbocycles. The molecule has 2 N–H and O–H groups in total. The lowest BCUT2D eigenvalue weighted by molar-refractivity contribution is 0.0948. The van der Waals surface area contributed by atoms with E-state index in [2.05, 4.69) is 20.6 Å². The molecule has 1 aromatic carbocycles. The summed E-state index contributed by atoms with van der Waals surface area (Å²) in [6, 6.07) is 5.56. The van der Waals surface area contributed by atoms with E-state index in [-0.39, 0.29) is 5.91 Å². The van der Waals surface area contributed by atoms with Gasteiger partial charge in [0.25, 0.3) is 5.91 Å². The minimum atomic E-state index is -0.202. The highest BCUT2D eigenvalue weighted by molar-refractivity contribution is 6.31. The van der Waals surface area contributed by atoms with Crippen LogP contribution >= 0.6 is 11.6 Å². The first-order chi connectivity index (χ1) is 11.1. The fourth-order valence-electron chi connectivity index (χ4n) is 1.89. The van der Waals surface area contributed by atoms with Crippen LogP contribution in [-0.2, 0) is 4.74 Å². The van der Waals surface area contributed by atoms with Crippen LogP contribution in [0.3, 0.4) is 0 Å². The molecule has 0 aliphatic carbocycles. The number of anilines is 2. The standard InChI is InChI=1S/C16H19ClN4O2/c1-11-13(17)5-3-6-14(11)21-16-19-9-12(10-20-16)15(22)18-7-4-8-23-2/h3,5-6,9-10H,4,7-8H2,1-2H3,(H,18,22)(H,19,20,21). The maximum Gasteiger partial charge on any atom is 0.254 e. The number of nitrogens with one attached hydrogen (secondary N) is 2. The Balaban J connectivity index is 1.96. The molecule has 0 radical (unpaired) electrons. The number of carbonyl (C=O) groups excluding carboxylic acids is 1. The maximum absolute atomic E-state index is 11.9. The van der Waals surface area contributed by atoms with Crippen molar-refractivity contribution >= 4 is 29.1 Å². The number of nitrogens with zero attached hydrogens (tertiary/aromatic N) is 2. The SMILES string of the molecule is COCCCNC(=O)c1cnc(Nc2cccc(Cl)c2C)nc1. The zero-order valence-corrected chi connectivity index (χ0v) is 13.9. The third kappa shape index (κ3) is 4.91. The van der Waals surface area contributed by atoms with Crippen molar-refractivity contribution < 1.29 is 9.53 Å². The summed E-state index contributed by atoms with van der Waals surface area (Å²) in [5.74, 6) is 0.206. The molecular formula is C16H19ClN4O2. The molecule has 23 heavy (non-hydrogen) atoms. The van der Waals surface area contributed by atoms with Crippen LogP contribution in [-0.4, -0.2) is 36.1 Å². The van der Waals surface area contributed by atoms with Crippen molar-refractivity contribution in [1.82, 2.24) is 15.3 Å². The topological polar surface area (TPSA) is 76.1 Å². The van der Waals surface area contributed by atoms with Gasteiger partial charge < -0.3 is 15.4 Å². The molecule has 1 aromatic heterocycles. The van der Waals surface area contributed by atoms with Crippen LogP contribution in [0.4, 0.5) is 11.6 Å². The van der Waals surface area contributed by atoms with Crippen LogP contribution in [0.1, 0.15) is 22.3 Å². The Morgan fingerprint density at radius 3 is 2.74 bits per heavy atom. The fraction of sp³-hybridized carbons (Fsp3) is 0.312. The van der Waals surface area contributed by atoms with Gasteiger partial charge in [0, 0.05) is 43.4 Å². The molecule has 0 atom stereocenters. The molecule has 2 aromatic rings. The summed E-state index contributed by atoms with van der Waals surface area (Å²) in [6.07, 6.45) is 3.73. The molecule has 0 spiro atoms. The predicted octanol–water partition coefficient (Wildman–Crippen LogP) is 2.95. The summed E-state index contributed by atoms with van der Waals surface area (Å²) in [5, 5.41) is 6.54. The molecule has 0 unspecified atom stereocenters. The number of hydrogen-bond donors (Lipinski definition) is 2. The average molecular weight is 335 g/mol. The van der Waals surface area contributed by atoms with Crippen LogP contribution in [0.15, 0.2) is 30.6 Å². The van der Waals surface area contributed by atoms with Crippen molar-refractivity contribution in [3.8, 4) is 0 Å². The summed E-state index contributed by atoms with van der Waals surface area (Å²) < 4.78 is 4.93. The van der Waals surface area contributed by atoms with E-state index in [1.807, 2.05) is 25.1 Å². The first kappa shape index (κ1) is 17.2. The quantitative estimate of drug-likeness (QED) is 0.761. The van der Waals surface area contributed by atoms with E-state index in [4.69, 9.17) is 16.3 Å². The van der Waals surface area contributed by atoms with E-state index in [0.29, 0.717) is 29.7 Å². The number of ether oxygens (including phenoxy) is 1. The highest BCUT2D eigenvalue weighted by atomic mass is 35.5. The molecular weight excluding hydrogens is 316 g/mol. The third-order valence-corrected chi connectivity index (χ3v) is 3.65. The first-order valence-corrected chi connectivity index (χ1v) is 7.61. The van der Waals surface area contributed by atoms with Crippen LogP contribution in [0.2, 0.25) is 5.02 Å². The Bertz CT molecular complexity index is 662. The second-order valence-electron chi connectivity index (χ2n) is 4.93. The first-order valence-electron chi connectivity index (χ1n) is 7.23. The van der Waals surface area contributed by atoms with Gasteiger partial charge in [-0.2, -0.15) is 0 Å².